The van der Waals surface area contributed by atoms with Crippen LogP contribution < -0.4 is 10.9 Å². The van der Waals surface area contributed by atoms with E-state index in [1.807, 2.05) is 20.8 Å². The molecule has 170 valence electrons. The summed E-state index contributed by atoms with van der Waals surface area (Å²) < 4.78 is 41.0. The van der Waals surface area contributed by atoms with E-state index in [0.717, 1.165) is 28.5 Å². The van der Waals surface area contributed by atoms with E-state index in [1.165, 1.54) is 12.1 Å². The minimum atomic E-state index is -4.56. The number of carbonyl (C=O) groups is 1. The third-order valence-electron chi connectivity index (χ3n) is 5.20. The molecular weight excluding hydrogens is 439 g/mol. The molecule has 1 amide bonds. The third kappa shape index (κ3) is 5.15. The normalized spacial score (nSPS) is 13.9. The number of hydrogen-bond donors (Lipinski definition) is 1. The Bertz CT molecular complexity index is 1190. The predicted octanol–water partition coefficient (Wildman–Crippen LogP) is 5.05. The Morgan fingerprint density at radius 3 is 2.41 bits per heavy atom. The standard InChI is InChI=1S/C23H24F3N3O2S/c1-13(2)14(3)27-20(30)15(4)32-22-28-19-11-6-5-10-18(19)21(31)29(22)17-9-7-8-16(12-17)23(24,25)26/h5-15H,1-4H3,(H,27,30). The number of hydrogen-bond acceptors (Lipinski definition) is 4. The highest BCUT2D eigenvalue weighted by molar-refractivity contribution is 8.00. The van der Waals surface area contributed by atoms with Gasteiger partial charge >= 0.3 is 6.18 Å². The lowest BCUT2D eigenvalue weighted by Crippen LogP contribution is -2.40. The van der Waals surface area contributed by atoms with Gasteiger partial charge in [-0.3, -0.25) is 14.2 Å². The Morgan fingerprint density at radius 1 is 1.06 bits per heavy atom. The fraction of sp³-hybridized carbons (Fsp3) is 0.348. The van der Waals surface area contributed by atoms with Crippen molar-refractivity contribution in [2.24, 2.45) is 5.92 Å². The number of para-hydroxylation sites is 1. The quantitative estimate of drug-likeness (QED) is 0.411. The summed E-state index contributed by atoms with van der Waals surface area (Å²) in [6.45, 7) is 7.54. The second kappa shape index (κ2) is 9.36. The number of halogens is 3. The van der Waals surface area contributed by atoms with Crippen LogP contribution in [0.2, 0.25) is 0 Å². The first-order chi connectivity index (χ1) is 15.0. The minimum absolute atomic E-state index is 0.0359. The number of nitrogens with one attached hydrogen (secondary N) is 1. The van der Waals surface area contributed by atoms with Crippen LogP contribution in [0.15, 0.2) is 58.5 Å². The van der Waals surface area contributed by atoms with Crippen LogP contribution in [0.25, 0.3) is 16.6 Å². The molecule has 0 fully saturated rings. The summed E-state index contributed by atoms with van der Waals surface area (Å²) in [7, 11) is 0. The molecule has 32 heavy (non-hydrogen) atoms. The van der Waals surface area contributed by atoms with Gasteiger partial charge in [0.05, 0.1) is 27.4 Å². The fourth-order valence-electron chi connectivity index (χ4n) is 2.96. The highest BCUT2D eigenvalue weighted by Gasteiger charge is 2.31. The van der Waals surface area contributed by atoms with Gasteiger partial charge in [0, 0.05) is 6.04 Å². The van der Waals surface area contributed by atoms with Crippen molar-refractivity contribution in [1.29, 1.82) is 0 Å². The molecule has 5 nitrogen and oxygen atoms in total. The van der Waals surface area contributed by atoms with Gasteiger partial charge in [-0.05, 0) is 50.1 Å². The van der Waals surface area contributed by atoms with Gasteiger partial charge in [0.2, 0.25) is 5.91 Å². The van der Waals surface area contributed by atoms with Gasteiger partial charge in [0.25, 0.3) is 5.56 Å². The van der Waals surface area contributed by atoms with Crippen LogP contribution in [0.1, 0.15) is 33.3 Å². The molecule has 0 saturated carbocycles. The second-order valence-corrected chi connectivity index (χ2v) is 9.21. The number of amides is 1. The van der Waals surface area contributed by atoms with Crippen molar-refractivity contribution in [1.82, 2.24) is 14.9 Å². The maximum atomic E-state index is 13.3. The van der Waals surface area contributed by atoms with Gasteiger partial charge in [-0.15, -0.1) is 0 Å². The van der Waals surface area contributed by atoms with Crippen molar-refractivity contribution in [2.75, 3.05) is 0 Å². The smallest absolute Gasteiger partial charge is 0.352 e. The van der Waals surface area contributed by atoms with Gasteiger partial charge in [-0.1, -0.05) is 43.8 Å². The number of aromatic nitrogens is 2. The van der Waals surface area contributed by atoms with Crippen LogP contribution >= 0.6 is 11.8 Å². The Hall–Kier alpha value is -2.81. The minimum Gasteiger partial charge on any atom is -0.352 e. The van der Waals surface area contributed by atoms with Gasteiger partial charge in [0.1, 0.15) is 0 Å². The van der Waals surface area contributed by atoms with E-state index in [9.17, 15) is 22.8 Å². The monoisotopic (exact) mass is 463 g/mol. The third-order valence-corrected chi connectivity index (χ3v) is 6.25. The lowest BCUT2D eigenvalue weighted by atomic mass is 10.1. The van der Waals surface area contributed by atoms with Crippen molar-refractivity contribution in [2.45, 2.75) is 50.3 Å². The van der Waals surface area contributed by atoms with E-state index in [0.29, 0.717) is 5.52 Å². The average Bonchev–Trinajstić information content (AvgIpc) is 2.73. The predicted molar refractivity (Wildman–Crippen MR) is 120 cm³/mol. The first-order valence-corrected chi connectivity index (χ1v) is 11.0. The molecule has 3 aromatic rings. The summed E-state index contributed by atoms with van der Waals surface area (Å²) in [5, 5.41) is 2.72. The molecule has 3 rings (SSSR count). The maximum Gasteiger partial charge on any atom is 0.416 e. The van der Waals surface area contributed by atoms with Crippen molar-refractivity contribution >= 4 is 28.6 Å². The van der Waals surface area contributed by atoms with Crippen molar-refractivity contribution < 1.29 is 18.0 Å². The lowest BCUT2D eigenvalue weighted by molar-refractivity contribution is -0.137. The highest BCUT2D eigenvalue weighted by Crippen LogP contribution is 2.31. The molecule has 2 atom stereocenters. The summed E-state index contributed by atoms with van der Waals surface area (Å²) in [5.41, 5.74) is -0.928. The van der Waals surface area contributed by atoms with Gasteiger partial charge < -0.3 is 5.32 Å². The summed E-state index contributed by atoms with van der Waals surface area (Å²) in [4.78, 5) is 30.4. The molecule has 1 heterocycles. The number of alkyl halides is 3. The van der Waals surface area contributed by atoms with E-state index < -0.39 is 22.5 Å². The van der Waals surface area contributed by atoms with Gasteiger partial charge in [-0.2, -0.15) is 13.2 Å². The molecule has 0 radical (unpaired) electrons. The van der Waals surface area contributed by atoms with E-state index in [2.05, 4.69) is 10.3 Å². The summed E-state index contributed by atoms with van der Waals surface area (Å²) in [5.74, 6) is -0.00701. The SMILES string of the molecule is CC(Sc1nc2ccccc2c(=O)n1-c1cccc(C(F)(F)F)c1)C(=O)NC(C)C(C)C. The highest BCUT2D eigenvalue weighted by atomic mass is 32.2. The number of thioether (sulfide) groups is 1. The molecule has 0 saturated heterocycles. The van der Waals surface area contributed by atoms with Gasteiger partial charge in [-0.25, -0.2) is 4.98 Å². The first-order valence-electron chi connectivity index (χ1n) is 10.2. The molecule has 0 aliphatic carbocycles. The number of rotatable bonds is 6. The second-order valence-electron chi connectivity index (χ2n) is 7.90. The molecule has 9 heteroatoms. The summed E-state index contributed by atoms with van der Waals surface area (Å²) in [6.07, 6.45) is -4.56. The van der Waals surface area contributed by atoms with Crippen molar-refractivity contribution in [3.8, 4) is 5.69 Å². The Labute approximate surface area is 188 Å². The van der Waals surface area contributed by atoms with Crippen LogP contribution in [0.3, 0.4) is 0 Å². The molecule has 2 unspecified atom stereocenters. The molecule has 0 aliphatic heterocycles. The Morgan fingerprint density at radius 2 is 1.75 bits per heavy atom. The zero-order valence-electron chi connectivity index (χ0n) is 18.1. The van der Waals surface area contributed by atoms with Crippen LogP contribution in [0, 0.1) is 5.92 Å². The van der Waals surface area contributed by atoms with E-state index in [1.54, 1.807) is 31.2 Å². The molecule has 0 bridgehead atoms. The molecule has 1 aromatic heterocycles. The van der Waals surface area contributed by atoms with Crippen LogP contribution in [-0.2, 0) is 11.0 Å². The molecular formula is C23H24F3N3O2S. The van der Waals surface area contributed by atoms with Crippen LogP contribution in [0.4, 0.5) is 13.2 Å². The van der Waals surface area contributed by atoms with E-state index in [4.69, 9.17) is 0 Å². The molecule has 1 N–H and O–H groups in total. The number of carbonyl (C=O) groups excluding carboxylic acids is 1. The number of benzene rings is 2. The zero-order valence-corrected chi connectivity index (χ0v) is 18.9. The van der Waals surface area contributed by atoms with Crippen LogP contribution in [-0.4, -0.2) is 26.8 Å². The lowest BCUT2D eigenvalue weighted by Gasteiger charge is -2.21. The maximum absolute atomic E-state index is 13.3. The number of nitrogens with zero attached hydrogens (tertiary/aromatic N) is 2. The van der Waals surface area contributed by atoms with Crippen LogP contribution in [0.5, 0.6) is 0 Å². The Kier molecular flexibility index (Phi) is 6.97. The zero-order chi connectivity index (χ0) is 23.6. The summed E-state index contributed by atoms with van der Waals surface area (Å²) >= 11 is 1.03. The van der Waals surface area contributed by atoms with Crippen molar-refractivity contribution in [3.63, 3.8) is 0 Å². The fourth-order valence-corrected chi connectivity index (χ4v) is 3.90. The topological polar surface area (TPSA) is 64.0 Å². The summed E-state index contributed by atoms with van der Waals surface area (Å²) in [6, 6.07) is 11.1. The van der Waals surface area contributed by atoms with E-state index >= 15 is 0 Å². The average molecular weight is 464 g/mol. The van der Waals surface area contributed by atoms with Crippen molar-refractivity contribution in [3.05, 3.63) is 64.4 Å². The molecule has 0 spiro atoms. The largest absolute Gasteiger partial charge is 0.416 e. The molecule has 2 aromatic carbocycles. The van der Waals surface area contributed by atoms with E-state index in [-0.39, 0.29) is 34.1 Å². The number of fused-ring (bicyclic) bond motifs is 1. The Balaban J connectivity index is 2.10. The molecule has 0 aliphatic rings. The first kappa shape index (κ1) is 23.8. The van der Waals surface area contributed by atoms with Gasteiger partial charge in [0.15, 0.2) is 5.16 Å².